The van der Waals surface area contributed by atoms with E-state index in [0.29, 0.717) is 0 Å². The summed E-state index contributed by atoms with van der Waals surface area (Å²) in [6.07, 6.45) is 11.3. The summed E-state index contributed by atoms with van der Waals surface area (Å²) in [6.45, 7) is 1.09. The molecule has 21 heavy (non-hydrogen) atoms. The molecule has 4 nitrogen and oxygen atoms in total. The number of rotatable bonds is 4. The van der Waals surface area contributed by atoms with Crippen molar-refractivity contribution >= 4 is 0 Å². The van der Waals surface area contributed by atoms with Gasteiger partial charge in [0.05, 0.1) is 0 Å². The van der Waals surface area contributed by atoms with Gasteiger partial charge in [0, 0.05) is 19.0 Å². The number of aromatic nitrogens is 2. The number of hydrogen-bond donors (Lipinski definition) is 1. The van der Waals surface area contributed by atoms with Crippen molar-refractivity contribution in [1.82, 2.24) is 15.3 Å². The maximum absolute atomic E-state index is 5.88. The molecule has 0 saturated heterocycles. The molecule has 3 rings (SSSR count). The van der Waals surface area contributed by atoms with Gasteiger partial charge in [-0.25, -0.2) is 9.97 Å². The third kappa shape index (κ3) is 2.97. The molecular weight excluding hydrogens is 262 g/mol. The predicted octanol–water partition coefficient (Wildman–Crippen LogP) is 2.61. The van der Waals surface area contributed by atoms with Gasteiger partial charge in [0.15, 0.2) is 5.82 Å². The summed E-state index contributed by atoms with van der Waals surface area (Å²) in [5, 5.41) is 3.29. The summed E-state index contributed by atoms with van der Waals surface area (Å²) >= 11 is 0. The van der Waals surface area contributed by atoms with Crippen molar-refractivity contribution in [2.45, 2.75) is 57.0 Å². The number of ether oxygens (including phenoxy) is 1. The highest BCUT2D eigenvalue weighted by molar-refractivity contribution is 5.23. The van der Waals surface area contributed by atoms with Gasteiger partial charge < -0.3 is 10.1 Å². The van der Waals surface area contributed by atoms with Crippen LogP contribution in [-0.2, 0) is 23.2 Å². The molecule has 0 radical (unpaired) electrons. The third-order valence-electron chi connectivity index (χ3n) is 5.20. The van der Waals surface area contributed by atoms with Crippen molar-refractivity contribution in [3.63, 3.8) is 0 Å². The fourth-order valence-corrected chi connectivity index (χ4v) is 3.91. The van der Waals surface area contributed by atoms with Crippen LogP contribution in [0.3, 0.4) is 0 Å². The Kier molecular flexibility index (Phi) is 4.55. The van der Waals surface area contributed by atoms with Crippen LogP contribution in [0.15, 0.2) is 6.20 Å². The molecule has 0 bridgehead atoms. The van der Waals surface area contributed by atoms with Crippen molar-refractivity contribution in [2.75, 3.05) is 20.7 Å². The molecule has 1 aromatic rings. The molecule has 1 saturated carbocycles. The maximum Gasteiger partial charge on any atom is 0.160 e. The van der Waals surface area contributed by atoms with Crippen molar-refractivity contribution in [3.05, 3.63) is 23.3 Å². The van der Waals surface area contributed by atoms with Crippen LogP contribution >= 0.6 is 0 Å². The van der Waals surface area contributed by atoms with Gasteiger partial charge >= 0.3 is 0 Å². The van der Waals surface area contributed by atoms with Gasteiger partial charge in [-0.05, 0) is 57.2 Å². The minimum Gasteiger partial charge on any atom is -0.370 e. The van der Waals surface area contributed by atoms with Crippen LogP contribution < -0.4 is 5.32 Å². The zero-order chi connectivity index (χ0) is 14.7. The maximum atomic E-state index is 5.88. The average Bonchev–Trinajstić information content (AvgIpc) is 2.55. The lowest BCUT2D eigenvalue weighted by atomic mass is 9.83. The SMILES string of the molecule is CNCC1CCc2nc(C3(OC)CCCCC3)ncc2C1. The standard InChI is InChI=1S/C17H27N3O/c1-18-11-13-6-7-15-14(10-13)12-19-16(20-15)17(21-2)8-4-3-5-9-17/h12-13,18H,3-11H2,1-2H3. The highest BCUT2D eigenvalue weighted by Crippen LogP contribution is 2.38. The predicted molar refractivity (Wildman–Crippen MR) is 83.2 cm³/mol. The molecule has 1 unspecified atom stereocenters. The largest absolute Gasteiger partial charge is 0.370 e. The topological polar surface area (TPSA) is 47.0 Å². The van der Waals surface area contributed by atoms with E-state index >= 15 is 0 Å². The lowest BCUT2D eigenvalue weighted by Crippen LogP contribution is -2.34. The molecule has 1 atom stereocenters. The Morgan fingerprint density at radius 2 is 2.14 bits per heavy atom. The van der Waals surface area contributed by atoms with E-state index in [2.05, 4.69) is 11.5 Å². The summed E-state index contributed by atoms with van der Waals surface area (Å²) in [5.74, 6) is 1.65. The first kappa shape index (κ1) is 14.9. The molecule has 0 amide bonds. The zero-order valence-electron chi connectivity index (χ0n) is 13.3. The number of methoxy groups -OCH3 is 1. The first-order chi connectivity index (χ1) is 10.3. The quantitative estimate of drug-likeness (QED) is 0.925. The van der Waals surface area contributed by atoms with Gasteiger partial charge in [-0.15, -0.1) is 0 Å². The van der Waals surface area contributed by atoms with Crippen molar-refractivity contribution in [1.29, 1.82) is 0 Å². The molecular formula is C17H27N3O. The van der Waals surface area contributed by atoms with E-state index in [-0.39, 0.29) is 5.60 Å². The normalized spacial score (nSPS) is 24.6. The van der Waals surface area contributed by atoms with Gasteiger partial charge in [-0.3, -0.25) is 0 Å². The van der Waals surface area contributed by atoms with E-state index in [4.69, 9.17) is 14.7 Å². The van der Waals surface area contributed by atoms with Gasteiger partial charge in [0.1, 0.15) is 5.60 Å². The highest BCUT2D eigenvalue weighted by Gasteiger charge is 2.37. The fourth-order valence-electron chi connectivity index (χ4n) is 3.91. The molecule has 1 heterocycles. The highest BCUT2D eigenvalue weighted by atomic mass is 16.5. The van der Waals surface area contributed by atoms with Crippen LogP contribution in [0.1, 0.15) is 55.6 Å². The summed E-state index contributed by atoms with van der Waals surface area (Å²) in [6, 6.07) is 0. The Bertz CT molecular complexity index is 483. The first-order valence-electron chi connectivity index (χ1n) is 8.32. The van der Waals surface area contributed by atoms with E-state index in [1.165, 1.54) is 36.9 Å². The van der Waals surface area contributed by atoms with Crippen LogP contribution in [-0.4, -0.2) is 30.7 Å². The minimum absolute atomic E-state index is 0.227. The lowest BCUT2D eigenvalue weighted by molar-refractivity contribution is -0.0517. The second-order valence-electron chi connectivity index (χ2n) is 6.59. The number of nitrogens with zero attached hydrogens (tertiary/aromatic N) is 2. The molecule has 2 aliphatic rings. The Morgan fingerprint density at radius 3 is 2.86 bits per heavy atom. The second-order valence-corrected chi connectivity index (χ2v) is 6.59. The van der Waals surface area contributed by atoms with Crippen LogP contribution in [0.25, 0.3) is 0 Å². The Labute approximate surface area is 127 Å². The zero-order valence-corrected chi connectivity index (χ0v) is 13.3. The van der Waals surface area contributed by atoms with Crippen molar-refractivity contribution < 1.29 is 4.74 Å². The van der Waals surface area contributed by atoms with E-state index in [1.54, 1.807) is 0 Å². The molecule has 0 aliphatic heterocycles. The van der Waals surface area contributed by atoms with Gasteiger partial charge in [-0.2, -0.15) is 0 Å². The van der Waals surface area contributed by atoms with E-state index in [9.17, 15) is 0 Å². The van der Waals surface area contributed by atoms with E-state index in [1.807, 2.05) is 14.2 Å². The second kappa shape index (κ2) is 6.41. The van der Waals surface area contributed by atoms with Gasteiger partial charge in [0.2, 0.25) is 0 Å². The fraction of sp³-hybridized carbons (Fsp3) is 0.765. The van der Waals surface area contributed by atoms with E-state index < -0.39 is 0 Å². The third-order valence-corrected chi connectivity index (χ3v) is 5.20. The molecule has 1 N–H and O–H groups in total. The van der Waals surface area contributed by atoms with Gasteiger partial charge in [-0.1, -0.05) is 19.3 Å². The first-order valence-corrected chi connectivity index (χ1v) is 8.32. The Balaban J connectivity index is 1.83. The summed E-state index contributed by atoms with van der Waals surface area (Å²) in [4.78, 5) is 9.61. The number of aryl methyl sites for hydroxylation is 1. The summed E-state index contributed by atoms with van der Waals surface area (Å²) in [7, 11) is 3.84. The van der Waals surface area contributed by atoms with Crippen LogP contribution in [0.4, 0.5) is 0 Å². The molecule has 1 fully saturated rings. The number of hydrogen-bond acceptors (Lipinski definition) is 4. The van der Waals surface area contributed by atoms with Gasteiger partial charge in [0.25, 0.3) is 0 Å². The molecule has 1 aromatic heterocycles. The average molecular weight is 289 g/mol. The molecule has 116 valence electrons. The molecule has 4 heteroatoms. The Hall–Kier alpha value is -1.00. The number of nitrogens with one attached hydrogen (secondary N) is 1. The minimum atomic E-state index is -0.227. The molecule has 0 spiro atoms. The van der Waals surface area contributed by atoms with Crippen molar-refractivity contribution in [2.24, 2.45) is 5.92 Å². The summed E-state index contributed by atoms with van der Waals surface area (Å²) in [5.41, 5.74) is 2.37. The smallest absolute Gasteiger partial charge is 0.160 e. The molecule has 2 aliphatic carbocycles. The van der Waals surface area contributed by atoms with Crippen LogP contribution in [0, 0.1) is 5.92 Å². The lowest BCUT2D eigenvalue weighted by Gasteiger charge is -2.35. The van der Waals surface area contributed by atoms with Crippen LogP contribution in [0.2, 0.25) is 0 Å². The number of fused-ring (bicyclic) bond motifs is 1. The summed E-state index contributed by atoms with van der Waals surface area (Å²) < 4.78 is 5.88. The molecule has 0 aromatic carbocycles. The van der Waals surface area contributed by atoms with Crippen LogP contribution in [0.5, 0.6) is 0 Å². The van der Waals surface area contributed by atoms with E-state index in [0.717, 1.165) is 44.0 Å². The monoisotopic (exact) mass is 289 g/mol. The Morgan fingerprint density at radius 1 is 1.33 bits per heavy atom. The van der Waals surface area contributed by atoms with Crippen molar-refractivity contribution in [3.8, 4) is 0 Å².